The fourth-order valence-electron chi connectivity index (χ4n) is 2.95. The second kappa shape index (κ2) is 8.84. The number of hydrogen-bond acceptors (Lipinski definition) is 5. The van der Waals surface area contributed by atoms with Crippen molar-refractivity contribution in [3.8, 4) is 11.4 Å². The molecule has 1 saturated heterocycles. The zero-order chi connectivity index (χ0) is 20.1. The summed E-state index contributed by atoms with van der Waals surface area (Å²) in [5.41, 5.74) is 0.367. The lowest BCUT2D eigenvalue weighted by atomic mass is 9.97. The van der Waals surface area contributed by atoms with Crippen LogP contribution in [0.15, 0.2) is 36.7 Å². The molecule has 0 spiro atoms. The molecular formula is C20H26ClN3O4. The number of amides is 1. The molecule has 7 nitrogen and oxygen atoms in total. The van der Waals surface area contributed by atoms with Gasteiger partial charge < -0.3 is 19.5 Å². The molecule has 1 aromatic carbocycles. The van der Waals surface area contributed by atoms with Gasteiger partial charge in [-0.1, -0.05) is 11.6 Å². The monoisotopic (exact) mass is 407 g/mol. The van der Waals surface area contributed by atoms with Crippen LogP contribution in [0.25, 0.3) is 5.69 Å². The van der Waals surface area contributed by atoms with Crippen molar-refractivity contribution in [2.45, 2.75) is 38.8 Å². The van der Waals surface area contributed by atoms with Gasteiger partial charge >= 0.3 is 6.09 Å². The molecule has 8 heteroatoms. The summed E-state index contributed by atoms with van der Waals surface area (Å²) in [6, 6.07) is 7.53. The Balaban J connectivity index is 1.55. The maximum Gasteiger partial charge on any atom is 0.407 e. The first kappa shape index (κ1) is 20.5. The van der Waals surface area contributed by atoms with Gasteiger partial charge in [-0.05, 0) is 51.5 Å². The molecule has 1 aromatic heterocycles. The molecule has 0 radical (unpaired) electrons. The van der Waals surface area contributed by atoms with Crippen LogP contribution < -0.4 is 10.1 Å². The van der Waals surface area contributed by atoms with Crippen LogP contribution >= 0.6 is 11.6 Å². The second-order valence-electron chi connectivity index (χ2n) is 7.78. The maximum absolute atomic E-state index is 12.1. The minimum atomic E-state index is -0.526. The number of aromatic nitrogens is 2. The maximum atomic E-state index is 12.1. The smallest absolute Gasteiger partial charge is 0.407 e. The lowest BCUT2D eigenvalue weighted by Crippen LogP contribution is -2.48. The van der Waals surface area contributed by atoms with Gasteiger partial charge in [0.15, 0.2) is 0 Å². The van der Waals surface area contributed by atoms with Crippen molar-refractivity contribution in [2.75, 3.05) is 19.8 Å². The second-order valence-corrected chi connectivity index (χ2v) is 8.22. The van der Waals surface area contributed by atoms with Crippen LogP contribution in [-0.4, -0.2) is 47.3 Å². The van der Waals surface area contributed by atoms with Crippen molar-refractivity contribution in [3.05, 3.63) is 41.7 Å². The van der Waals surface area contributed by atoms with Gasteiger partial charge in [0.2, 0.25) is 0 Å². The van der Waals surface area contributed by atoms with E-state index in [2.05, 4.69) is 10.4 Å². The zero-order valence-corrected chi connectivity index (χ0v) is 17.1. The van der Waals surface area contributed by atoms with E-state index in [0.717, 1.165) is 17.9 Å². The van der Waals surface area contributed by atoms with E-state index in [9.17, 15) is 4.79 Å². The number of ether oxygens (including phenoxy) is 3. The Morgan fingerprint density at radius 3 is 2.75 bits per heavy atom. The number of nitrogens with zero attached hydrogens (tertiary/aromatic N) is 2. The van der Waals surface area contributed by atoms with Gasteiger partial charge in [-0.25, -0.2) is 9.48 Å². The molecule has 1 aliphatic rings. The molecule has 3 rings (SSSR count). The van der Waals surface area contributed by atoms with E-state index in [-0.39, 0.29) is 12.0 Å². The van der Waals surface area contributed by atoms with Crippen molar-refractivity contribution >= 4 is 17.7 Å². The molecule has 0 saturated carbocycles. The summed E-state index contributed by atoms with van der Waals surface area (Å²) in [5, 5.41) is 7.71. The van der Waals surface area contributed by atoms with E-state index in [0.29, 0.717) is 24.8 Å². The molecule has 2 heterocycles. The number of halogens is 1. The van der Waals surface area contributed by atoms with Crippen molar-refractivity contribution in [3.63, 3.8) is 0 Å². The van der Waals surface area contributed by atoms with Gasteiger partial charge in [0, 0.05) is 24.8 Å². The average Bonchev–Trinajstić information content (AvgIpc) is 3.06. The van der Waals surface area contributed by atoms with Gasteiger partial charge in [0.1, 0.15) is 11.4 Å². The molecule has 2 aromatic rings. The molecular weight excluding hydrogens is 382 g/mol. The first-order valence-electron chi connectivity index (χ1n) is 9.31. The summed E-state index contributed by atoms with van der Waals surface area (Å²) in [7, 11) is 0. The molecule has 0 bridgehead atoms. The minimum Gasteiger partial charge on any atom is -0.493 e. The first-order valence-corrected chi connectivity index (χ1v) is 9.68. The number of alkyl carbamates (subject to hydrolysis) is 1. The summed E-state index contributed by atoms with van der Waals surface area (Å²) in [6.07, 6.45) is 3.65. The molecule has 0 aliphatic carbocycles. The first-order chi connectivity index (χ1) is 13.3. The van der Waals surface area contributed by atoms with Crippen molar-refractivity contribution in [2.24, 2.45) is 5.92 Å². The van der Waals surface area contributed by atoms with E-state index in [1.165, 1.54) is 0 Å². The number of hydrogen-bond donors (Lipinski definition) is 1. The van der Waals surface area contributed by atoms with E-state index in [1.807, 2.05) is 45.0 Å². The Hall–Kier alpha value is -2.25. The number of nitrogens with one attached hydrogen (secondary N) is 1. The summed E-state index contributed by atoms with van der Waals surface area (Å²) in [6.45, 7) is 7.11. The third-order valence-corrected chi connectivity index (χ3v) is 4.49. The number of carbonyl (C=O) groups is 1. The molecule has 1 N–H and O–H groups in total. The van der Waals surface area contributed by atoms with Crippen LogP contribution in [0.1, 0.15) is 27.2 Å². The van der Waals surface area contributed by atoms with Gasteiger partial charge in [-0.3, -0.25) is 0 Å². The van der Waals surface area contributed by atoms with Gasteiger partial charge in [-0.2, -0.15) is 5.10 Å². The summed E-state index contributed by atoms with van der Waals surface area (Å²) >= 11 is 5.90. The number of rotatable bonds is 5. The highest BCUT2D eigenvalue weighted by atomic mass is 35.5. The van der Waals surface area contributed by atoms with Gasteiger partial charge in [0.25, 0.3) is 0 Å². The highest BCUT2D eigenvalue weighted by Gasteiger charge is 2.29. The quantitative estimate of drug-likeness (QED) is 0.815. The largest absolute Gasteiger partial charge is 0.493 e. The Morgan fingerprint density at radius 1 is 1.36 bits per heavy atom. The molecule has 152 valence electrons. The number of benzene rings is 1. The van der Waals surface area contributed by atoms with Crippen LogP contribution in [0, 0.1) is 5.92 Å². The van der Waals surface area contributed by atoms with Crippen LogP contribution in [0.3, 0.4) is 0 Å². The summed E-state index contributed by atoms with van der Waals surface area (Å²) in [4.78, 5) is 12.1. The molecule has 28 heavy (non-hydrogen) atoms. The van der Waals surface area contributed by atoms with E-state index in [1.54, 1.807) is 17.1 Å². The van der Waals surface area contributed by atoms with Crippen molar-refractivity contribution < 1.29 is 19.0 Å². The fourth-order valence-corrected chi connectivity index (χ4v) is 3.09. The predicted octanol–water partition coefficient (Wildman–Crippen LogP) is 3.83. The topological polar surface area (TPSA) is 74.6 Å². The predicted molar refractivity (Wildman–Crippen MR) is 106 cm³/mol. The van der Waals surface area contributed by atoms with Crippen LogP contribution in [-0.2, 0) is 9.47 Å². The minimum absolute atomic E-state index is 0.0471. The fraction of sp³-hybridized carbons (Fsp3) is 0.500. The molecule has 2 unspecified atom stereocenters. The Bertz CT molecular complexity index is 785. The van der Waals surface area contributed by atoms with Gasteiger partial charge in [0.05, 0.1) is 30.1 Å². The van der Waals surface area contributed by atoms with Gasteiger partial charge in [-0.15, -0.1) is 0 Å². The van der Waals surface area contributed by atoms with Crippen molar-refractivity contribution in [1.82, 2.24) is 15.1 Å². The van der Waals surface area contributed by atoms with Crippen LogP contribution in [0.5, 0.6) is 5.75 Å². The molecule has 2 atom stereocenters. The van der Waals surface area contributed by atoms with E-state index < -0.39 is 11.7 Å². The Labute approximate surface area is 169 Å². The Kier molecular flexibility index (Phi) is 6.46. The summed E-state index contributed by atoms with van der Waals surface area (Å²) < 4.78 is 18.5. The van der Waals surface area contributed by atoms with E-state index >= 15 is 0 Å². The van der Waals surface area contributed by atoms with Crippen molar-refractivity contribution in [1.29, 1.82) is 0 Å². The summed E-state index contributed by atoms with van der Waals surface area (Å²) in [5.74, 6) is 0.787. The van der Waals surface area contributed by atoms with Crippen LogP contribution in [0.4, 0.5) is 4.79 Å². The standard InChI is InChI=1S/C20H26ClN3O4/c1-20(2,3)28-19(25)23-18-8-9-26-12-14(18)13-27-17-6-4-16(5-7-17)24-11-15(21)10-22-24/h4-7,10-11,14,18H,8-9,12-13H2,1-3H3,(H,23,25). The highest BCUT2D eigenvalue weighted by molar-refractivity contribution is 6.30. The lowest BCUT2D eigenvalue weighted by Gasteiger charge is -2.32. The SMILES string of the molecule is CC(C)(C)OC(=O)NC1CCOCC1COc1ccc(-n2cc(Cl)cn2)cc1. The average molecular weight is 408 g/mol. The third kappa shape index (κ3) is 5.87. The lowest BCUT2D eigenvalue weighted by molar-refractivity contribution is 0.00439. The normalized spacial score (nSPS) is 19.9. The zero-order valence-electron chi connectivity index (χ0n) is 16.4. The Morgan fingerprint density at radius 2 is 2.11 bits per heavy atom. The molecule has 1 amide bonds. The molecule has 1 fully saturated rings. The van der Waals surface area contributed by atoms with E-state index in [4.69, 9.17) is 25.8 Å². The van der Waals surface area contributed by atoms with Crippen LogP contribution in [0.2, 0.25) is 5.02 Å². The number of carbonyl (C=O) groups excluding carboxylic acids is 1. The third-order valence-electron chi connectivity index (χ3n) is 4.29. The molecule has 1 aliphatic heterocycles. The highest BCUT2D eigenvalue weighted by Crippen LogP contribution is 2.20.